The molecule has 0 radical (unpaired) electrons. The zero-order valence-corrected chi connectivity index (χ0v) is 16.1. The molecule has 2 aliphatic rings. The zero-order valence-electron chi connectivity index (χ0n) is 14.6. The molecule has 1 aromatic rings. The van der Waals surface area contributed by atoms with Crippen molar-refractivity contribution in [3.8, 4) is 0 Å². The second-order valence-electron chi connectivity index (χ2n) is 6.95. The highest BCUT2D eigenvalue weighted by Gasteiger charge is 2.56. The summed E-state index contributed by atoms with van der Waals surface area (Å²) in [5.41, 5.74) is 0.889. The number of aliphatic hydroxyl groups is 1. The molecule has 5 atom stereocenters. The Morgan fingerprint density at radius 2 is 2.00 bits per heavy atom. The van der Waals surface area contributed by atoms with Crippen LogP contribution in [0.5, 0.6) is 0 Å². The molecule has 2 aliphatic heterocycles. The molecule has 5 nitrogen and oxygen atoms in total. The average molecular weight is 391 g/mol. The van der Waals surface area contributed by atoms with E-state index in [2.05, 4.69) is 0 Å². The molecule has 0 unspecified atom stereocenters. The van der Waals surface area contributed by atoms with Gasteiger partial charge >= 0.3 is 0 Å². The molecule has 3 rings (SSSR count). The molecule has 25 heavy (non-hydrogen) atoms. The topological polar surface area (TPSA) is 57.2 Å². The molecule has 2 saturated heterocycles. The summed E-state index contributed by atoms with van der Waals surface area (Å²) in [6, 6.07) is 5.36. The maximum atomic E-state index is 10.4. The first-order valence-corrected chi connectivity index (χ1v) is 9.31. The minimum absolute atomic E-state index is 0.313. The number of hydrogen-bond acceptors (Lipinski definition) is 5. The van der Waals surface area contributed by atoms with Crippen molar-refractivity contribution in [3.63, 3.8) is 0 Å². The number of aliphatic hydroxyl groups excluding tert-OH is 1. The van der Waals surface area contributed by atoms with Gasteiger partial charge in [0.1, 0.15) is 18.3 Å². The van der Waals surface area contributed by atoms with Crippen LogP contribution in [-0.4, -0.2) is 41.6 Å². The molecule has 0 spiro atoms. The summed E-state index contributed by atoms with van der Waals surface area (Å²) < 4.78 is 23.7. The van der Waals surface area contributed by atoms with Gasteiger partial charge in [-0.05, 0) is 38.0 Å². The third kappa shape index (κ3) is 4.30. The van der Waals surface area contributed by atoms with Crippen LogP contribution in [-0.2, 0) is 25.6 Å². The Balaban J connectivity index is 1.72. The van der Waals surface area contributed by atoms with E-state index in [0.29, 0.717) is 23.1 Å². The van der Waals surface area contributed by atoms with Gasteiger partial charge in [0, 0.05) is 0 Å². The zero-order chi connectivity index (χ0) is 18.2. The van der Waals surface area contributed by atoms with E-state index in [4.69, 9.17) is 42.1 Å². The van der Waals surface area contributed by atoms with E-state index in [1.807, 2.05) is 26.8 Å². The fourth-order valence-corrected chi connectivity index (χ4v) is 3.61. The smallest absolute Gasteiger partial charge is 0.190 e. The SMILES string of the molecule is CCC[C@@H](O)[C@H]1O[C@@H]2OC(C)(C)O[C@@H]2[C@H]1OCc1ccc(Cl)c(Cl)c1. The lowest BCUT2D eigenvalue weighted by Crippen LogP contribution is -2.42. The molecule has 0 aromatic heterocycles. The maximum Gasteiger partial charge on any atom is 0.190 e. The largest absolute Gasteiger partial charge is 0.390 e. The quantitative estimate of drug-likeness (QED) is 0.797. The standard InChI is InChI=1S/C18H24Cl2O5/c1-4-5-13(21)14-15(16-17(23-14)25-18(2,3)24-16)22-9-10-6-7-11(19)12(20)8-10/h6-8,13-17,21H,4-5,9H2,1-3H3/t13-,14-,15+,16-,17-/m1/s1. The molecule has 0 amide bonds. The molecular weight excluding hydrogens is 367 g/mol. The number of ether oxygens (including phenoxy) is 4. The van der Waals surface area contributed by atoms with E-state index in [-0.39, 0.29) is 6.10 Å². The lowest BCUT2D eigenvalue weighted by molar-refractivity contribution is -0.230. The number of fused-ring (bicyclic) bond motifs is 1. The van der Waals surface area contributed by atoms with Gasteiger partial charge in [0.05, 0.1) is 22.8 Å². The summed E-state index contributed by atoms with van der Waals surface area (Å²) in [7, 11) is 0. The highest BCUT2D eigenvalue weighted by Crippen LogP contribution is 2.40. The van der Waals surface area contributed by atoms with E-state index in [0.717, 1.165) is 12.0 Å². The second-order valence-corrected chi connectivity index (χ2v) is 7.76. The van der Waals surface area contributed by atoms with Crippen molar-refractivity contribution in [1.29, 1.82) is 0 Å². The van der Waals surface area contributed by atoms with Crippen LogP contribution in [0.25, 0.3) is 0 Å². The van der Waals surface area contributed by atoms with Gasteiger partial charge < -0.3 is 24.1 Å². The highest BCUT2D eigenvalue weighted by atomic mass is 35.5. The van der Waals surface area contributed by atoms with Crippen molar-refractivity contribution in [2.24, 2.45) is 0 Å². The van der Waals surface area contributed by atoms with Gasteiger partial charge in [0.15, 0.2) is 12.1 Å². The first-order chi connectivity index (χ1) is 11.8. The second kappa shape index (κ2) is 7.69. The van der Waals surface area contributed by atoms with Gasteiger partial charge in [-0.15, -0.1) is 0 Å². The van der Waals surface area contributed by atoms with Crippen LogP contribution < -0.4 is 0 Å². The van der Waals surface area contributed by atoms with E-state index in [1.54, 1.807) is 12.1 Å². The number of benzene rings is 1. The molecule has 1 aromatic carbocycles. The molecule has 0 bridgehead atoms. The molecule has 1 N–H and O–H groups in total. The van der Waals surface area contributed by atoms with E-state index in [9.17, 15) is 5.11 Å². The fraction of sp³-hybridized carbons (Fsp3) is 0.667. The van der Waals surface area contributed by atoms with Crippen LogP contribution in [0.2, 0.25) is 10.0 Å². The Bertz CT molecular complexity index is 609. The summed E-state index contributed by atoms with van der Waals surface area (Å²) in [4.78, 5) is 0. The van der Waals surface area contributed by atoms with Crippen molar-refractivity contribution < 1.29 is 24.1 Å². The molecule has 2 heterocycles. The van der Waals surface area contributed by atoms with Crippen molar-refractivity contribution >= 4 is 23.2 Å². The maximum absolute atomic E-state index is 10.4. The Morgan fingerprint density at radius 1 is 1.24 bits per heavy atom. The summed E-state index contributed by atoms with van der Waals surface area (Å²) >= 11 is 12.0. The van der Waals surface area contributed by atoms with Gasteiger partial charge in [0.2, 0.25) is 0 Å². The molecule has 0 saturated carbocycles. The summed E-state index contributed by atoms with van der Waals surface area (Å²) in [5.74, 6) is -0.735. The van der Waals surface area contributed by atoms with Gasteiger partial charge in [0.25, 0.3) is 0 Å². The van der Waals surface area contributed by atoms with Crippen LogP contribution in [0.15, 0.2) is 18.2 Å². The lowest BCUT2D eigenvalue weighted by atomic mass is 10.0. The summed E-state index contributed by atoms with van der Waals surface area (Å²) in [6.45, 7) is 6.00. The van der Waals surface area contributed by atoms with Gasteiger partial charge in [-0.1, -0.05) is 42.6 Å². The minimum Gasteiger partial charge on any atom is -0.390 e. The molecule has 2 fully saturated rings. The van der Waals surface area contributed by atoms with E-state index < -0.39 is 30.4 Å². The Labute approximate surface area is 158 Å². The average Bonchev–Trinajstić information content (AvgIpc) is 3.01. The minimum atomic E-state index is -0.735. The molecule has 7 heteroatoms. The fourth-order valence-electron chi connectivity index (χ4n) is 3.29. The number of hydrogen-bond donors (Lipinski definition) is 1. The van der Waals surface area contributed by atoms with Crippen molar-refractivity contribution in [2.45, 2.75) is 76.7 Å². The van der Waals surface area contributed by atoms with Gasteiger partial charge in [-0.2, -0.15) is 0 Å². The third-order valence-electron chi connectivity index (χ3n) is 4.42. The summed E-state index contributed by atoms with van der Waals surface area (Å²) in [6.07, 6.45) is -0.996. The van der Waals surface area contributed by atoms with Gasteiger partial charge in [-0.3, -0.25) is 0 Å². The number of rotatable bonds is 6. The van der Waals surface area contributed by atoms with Crippen LogP contribution in [0, 0.1) is 0 Å². The highest BCUT2D eigenvalue weighted by molar-refractivity contribution is 6.42. The lowest BCUT2D eigenvalue weighted by Gasteiger charge is -2.28. The summed E-state index contributed by atoms with van der Waals surface area (Å²) in [5, 5.41) is 11.4. The van der Waals surface area contributed by atoms with E-state index in [1.165, 1.54) is 0 Å². The van der Waals surface area contributed by atoms with Crippen molar-refractivity contribution in [1.82, 2.24) is 0 Å². The Morgan fingerprint density at radius 3 is 2.68 bits per heavy atom. The Kier molecular flexibility index (Phi) is 5.95. The normalized spacial score (nSPS) is 31.9. The van der Waals surface area contributed by atoms with Crippen LogP contribution in [0.1, 0.15) is 39.2 Å². The van der Waals surface area contributed by atoms with Crippen molar-refractivity contribution in [2.75, 3.05) is 0 Å². The van der Waals surface area contributed by atoms with Gasteiger partial charge in [-0.25, -0.2) is 0 Å². The third-order valence-corrected chi connectivity index (χ3v) is 5.16. The van der Waals surface area contributed by atoms with Crippen LogP contribution >= 0.6 is 23.2 Å². The number of halogens is 2. The predicted octanol–water partition coefficient (Wildman–Crippen LogP) is 3.92. The van der Waals surface area contributed by atoms with Crippen molar-refractivity contribution in [3.05, 3.63) is 33.8 Å². The molecule has 0 aliphatic carbocycles. The van der Waals surface area contributed by atoms with E-state index >= 15 is 0 Å². The first-order valence-electron chi connectivity index (χ1n) is 8.55. The monoisotopic (exact) mass is 390 g/mol. The molecular formula is C18H24Cl2O5. The van der Waals surface area contributed by atoms with Crippen LogP contribution in [0.4, 0.5) is 0 Å². The first kappa shape index (κ1) is 19.4. The molecule has 140 valence electrons. The van der Waals surface area contributed by atoms with Crippen LogP contribution in [0.3, 0.4) is 0 Å². The predicted molar refractivity (Wildman–Crippen MR) is 94.7 cm³/mol. The Hall–Kier alpha value is -0.400.